The first-order valence-electron chi connectivity index (χ1n) is 15.8. The minimum Gasteiger partial charge on any atom is -0.493 e. The zero-order chi connectivity index (χ0) is 33.7. The predicted octanol–water partition coefficient (Wildman–Crippen LogP) is 2.81. The van der Waals surface area contributed by atoms with E-state index >= 15 is 0 Å². The number of hydrogen-bond acceptors (Lipinski definition) is 9. The fourth-order valence-corrected chi connectivity index (χ4v) is 6.03. The van der Waals surface area contributed by atoms with E-state index in [2.05, 4.69) is 16.0 Å². The van der Waals surface area contributed by atoms with E-state index in [0.717, 1.165) is 5.56 Å². The van der Waals surface area contributed by atoms with Crippen LogP contribution in [-0.4, -0.2) is 81.1 Å². The van der Waals surface area contributed by atoms with Crippen molar-refractivity contribution < 1.29 is 42.9 Å². The van der Waals surface area contributed by atoms with Crippen LogP contribution < -0.4 is 39.6 Å². The summed E-state index contributed by atoms with van der Waals surface area (Å²) >= 11 is 0. The standard InChI is InChI=1S/C35H38N4O9/c1-44-29-17-22-3-9-27(29)47-28-10-4-23(18-30(28)45-2)32(41)36-13-16-46-25-5-7-26(8-6-25)48-35(34(43)38-20-22)11-14-39(15-12-35)33(42)24-19-31(40)37-21-24/h3-10,17-18,24H,11-16,19-21H2,1-2H3,(H,36,41)(H,37,40)(H,38,43). The molecule has 3 N–H and O–H groups in total. The van der Waals surface area contributed by atoms with Crippen LogP contribution in [-0.2, 0) is 20.9 Å². The van der Waals surface area contributed by atoms with Crippen molar-refractivity contribution in [2.75, 3.05) is 47.0 Å². The first-order valence-corrected chi connectivity index (χ1v) is 15.8. The normalized spacial score (nSPS) is 19.4. The zero-order valence-corrected chi connectivity index (χ0v) is 26.8. The summed E-state index contributed by atoms with van der Waals surface area (Å²) in [4.78, 5) is 53.3. The maximum Gasteiger partial charge on any atom is 0.264 e. The highest BCUT2D eigenvalue weighted by Gasteiger charge is 2.46. The quantitative estimate of drug-likeness (QED) is 0.386. The highest BCUT2D eigenvalue weighted by molar-refractivity contribution is 5.95. The molecule has 11 rings (SSSR count). The molecule has 13 nitrogen and oxygen atoms in total. The molecular weight excluding hydrogens is 620 g/mol. The van der Waals surface area contributed by atoms with E-state index in [1.807, 2.05) is 6.07 Å². The molecule has 48 heavy (non-hydrogen) atoms. The molecule has 0 saturated carbocycles. The largest absolute Gasteiger partial charge is 0.493 e. The van der Waals surface area contributed by atoms with Gasteiger partial charge in [-0.1, -0.05) is 6.07 Å². The molecule has 13 heteroatoms. The van der Waals surface area contributed by atoms with E-state index in [9.17, 15) is 19.2 Å². The van der Waals surface area contributed by atoms with Crippen molar-refractivity contribution in [1.82, 2.24) is 20.9 Å². The second-order valence-electron chi connectivity index (χ2n) is 11.8. The number of nitrogens with one attached hydrogen (secondary N) is 3. The number of nitrogens with zero attached hydrogens (tertiary/aromatic N) is 1. The number of amides is 4. The molecule has 2 saturated heterocycles. The van der Waals surface area contributed by atoms with E-state index < -0.39 is 11.5 Å². The van der Waals surface area contributed by atoms with Crippen molar-refractivity contribution in [1.29, 1.82) is 0 Å². The summed E-state index contributed by atoms with van der Waals surface area (Å²) in [6, 6.07) is 17.1. The number of piperidine rings is 1. The van der Waals surface area contributed by atoms with Gasteiger partial charge in [0.1, 0.15) is 18.1 Å². The van der Waals surface area contributed by atoms with Crippen LogP contribution in [0.2, 0.25) is 0 Å². The van der Waals surface area contributed by atoms with Crippen LogP contribution in [0, 0.1) is 5.92 Å². The van der Waals surface area contributed by atoms with Crippen LogP contribution in [0.25, 0.3) is 0 Å². The molecule has 0 aliphatic carbocycles. The maximum absolute atomic E-state index is 14.0. The number of likely N-dealkylation sites (tertiary alicyclic amines) is 1. The van der Waals surface area contributed by atoms with Gasteiger partial charge in [0.2, 0.25) is 11.8 Å². The van der Waals surface area contributed by atoms with E-state index in [-0.39, 0.29) is 62.6 Å². The lowest BCUT2D eigenvalue weighted by atomic mass is 9.89. The molecule has 1 atom stereocenters. The third kappa shape index (κ3) is 7.09. The number of carbonyl (C=O) groups excluding carboxylic acids is 4. The van der Waals surface area contributed by atoms with Crippen molar-refractivity contribution in [2.45, 2.75) is 31.4 Å². The summed E-state index contributed by atoms with van der Waals surface area (Å²) in [6.45, 7) is 1.58. The number of hydrogen-bond donors (Lipinski definition) is 3. The van der Waals surface area contributed by atoms with Crippen molar-refractivity contribution in [3.05, 3.63) is 71.8 Å². The van der Waals surface area contributed by atoms with Crippen molar-refractivity contribution in [2.24, 2.45) is 5.92 Å². The lowest BCUT2D eigenvalue weighted by molar-refractivity contribution is -0.148. The summed E-state index contributed by atoms with van der Waals surface area (Å²) in [6.07, 6.45) is 0.686. The molecular formula is C35H38N4O9. The van der Waals surface area contributed by atoms with Gasteiger partial charge in [-0.2, -0.15) is 0 Å². The van der Waals surface area contributed by atoms with Crippen LogP contribution in [0.5, 0.6) is 34.5 Å². The smallest absolute Gasteiger partial charge is 0.264 e. The Bertz CT molecular complexity index is 1690. The minimum atomic E-state index is -1.25. The maximum atomic E-state index is 14.0. The van der Waals surface area contributed by atoms with Gasteiger partial charge in [0.15, 0.2) is 28.6 Å². The van der Waals surface area contributed by atoms with Crippen molar-refractivity contribution in [3.8, 4) is 34.5 Å². The number of ether oxygens (including phenoxy) is 5. The third-order valence-corrected chi connectivity index (χ3v) is 8.74. The molecule has 2 fully saturated rings. The Morgan fingerprint density at radius 3 is 2.23 bits per heavy atom. The zero-order valence-electron chi connectivity index (χ0n) is 26.8. The second-order valence-corrected chi connectivity index (χ2v) is 11.8. The molecule has 0 aromatic heterocycles. The second kappa shape index (κ2) is 14.1. The molecule has 4 amide bonds. The van der Waals surface area contributed by atoms with Gasteiger partial charge in [0.05, 0.1) is 26.7 Å². The van der Waals surface area contributed by atoms with Gasteiger partial charge in [-0.25, -0.2) is 0 Å². The monoisotopic (exact) mass is 658 g/mol. The fraction of sp³-hybridized carbons (Fsp3) is 0.371. The van der Waals surface area contributed by atoms with E-state index in [1.54, 1.807) is 59.5 Å². The van der Waals surface area contributed by atoms with E-state index in [0.29, 0.717) is 59.7 Å². The van der Waals surface area contributed by atoms with Gasteiger partial charge in [-0.15, -0.1) is 0 Å². The Labute approximate surface area is 277 Å². The highest BCUT2D eigenvalue weighted by atomic mass is 16.5. The van der Waals surface area contributed by atoms with Crippen LogP contribution in [0.4, 0.5) is 0 Å². The molecule has 8 aliphatic heterocycles. The molecule has 1 spiro atoms. The molecule has 1 unspecified atom stereocenters. The summed E-state index contributed by atoms with van der Waals surface area (Å²) in [5.41, 5.74) is -0.0995. The first kappa shape index (κ1) is 32.5. The topological polar surface area (TPSA) is 154 Å². The Balaban J connectivity index is 1.26. The van der Waals surface area contributed by atoms with Gasteiger partial charge in [-0.05, 0) is 60.2 Å². The summed E-state index contributed by atoms with van der Waals surface area (Å²) < 4.78 is 29.5. The summed E-state index contributed by atoms with van der Waals surface area (Å²) in [5, 5.41) is 8.58. The molecule has 3 aromatic rings. The lowest BCUT2D eigenvalue weighted by Crippen LogP contribution is -2.58. The average Bonchev–Trinajstić information content (AvgIpc) is 3.55. The fourth-order valence-electron chi connectivity index (χ4n) is 6.03. The van der Waals surface area contributed by atoms with Crippen LogP contribution in [0.3, 0.4) is 0 Å². The van der Waals surface area contributed by atoms with Crippen LogP contribution in [0.15, 0.2) is 60.7 Å². The number of carbonyl (C=O) groups is 4. The minimum absolute atomic E-state index is 0.0988. The predicted molar refractivity (Wildman–Crippen MR) is 172 cm³/mol. The number of methoxy groups -OCH3 is 2. The van der Waals surface area contributed by atoms with Crippen molar-refractivity contribution in [3.63, 3.8) is 0 Å². The first-order chi connectivity index (χ1) is 23.3. The van der Waals surface area contributed by atoms with Crippen molar-refractivity contribution >= 4 is 23.6 Å². The Hall–Kier alpha value is -5.46. The molecule has 6 bridgehead atoms. The lowest BCUT2D eigenvalue weighted by Gasteiger charge is -2.41. The van der Waals surface area contributed by atoms with Gasteiger partial charge in [0, 0.05) is 51.0 Å². The van der Waals surface area contributed by atoms with Crippen LogP contribution >= 0.6 is 0 Å². The van der Waals surface area contributed by atoms with E-state index in [4.69, 9.17) is 23.7 Å². The Kier molecular flexibility index (Phi) is 9.55. The molecule has 252 valence electrons. The average molecular weight is 659 g/mol. The molecule has 0 radical (unpaired) electrons. The SMILES string of the molecule is COc1cc2ccc1Oc1ccc(cc1OC)C(=O)NCCOc1ccc(cc1)OC1(CCN(C(=O)C3CNC(=O)C3)CC1)C(=O)NC2. The summed E-state index contributed by atoms with van der Waals surface area (Å²) in [5.74, 6) is 1.39. The number of benzene rings is 3. The van der Waals surface area contributed by atoms with E-state index in [1.165, 1.54) is 14.2 Å². The Morgan fingerprint density at radius 2 is 1.54 bits per heavy atom. The Morgan fingerprint density at radius 1 is 0.854 bits per heavy atom. The van der Waals surface area contributed by atoms with Crippen LogP contribution in [0.1, 0.15) is 35.2 Å². The van der Waals surface area contributed by atoms with Gasteiger partial charge < -0.3 is 44.5 Å². The third-order valence-electron chi connectivity index (χ3n) is 8.74. The highest BCUT2D eigenvalue weighted by Crippen LogP contribution is 2.38. The molecule has 8 aliphatic rings. The van der Waals surface area contributed by atoms with Gasteiger partial charge >= 0.3 is 0 Å². The summed E-state index contributed by atoms with van der Waals surface area (Å²) in [7, 11) is 3.01. The van der Waals surface area contributed by atoms with Gasteiger partial charge in [0.25, 0.3) is 11.8 Å². The van der Waals surface area contributed by atoms with Gasteiger partial charge in [-0.3, -0.25) is 19.2 Å². The molecule has 3 aromatic carbocycles. The molecule has 8 heterocycles. The number of rotatable bonds is 3.